The van der Waals surface area contributed by atoms with Gasteiger partial charge in [0.25, 0.3) is 5.91 Å². The van der Waals surface area contributed by atoms with Crippen LogP contribution in [0.2, 0.25) is 0 Å². The van der Waals surface area contributed by atoms with E-state index < -0.39 is 0 Å². The Morgan fingerprint density at radius 1 is 1.42 bits per heavy atom. The van der Waals surface area contributed by atoms with E-state index in [0.717, 1.165) is 6.42 Å². The van der Waals surface area contributed by atoms with Crippen molar-refractivity contribution < 1.29 is 14.3 Å². The van der Waals surface area contributed by atoms with E-state index in [2.05, 4.69) is 5.32 Å². The van der Waals surface area contributed by atoms with Crippen LogP contribution in [-0.2, 0) is 9.53 Å². The summed E-state index contributed by atoms with van der Waals surface area (Å²) in [6.07, 6.45) is 0.996. The molecule has 102 valence electrons. The number of carbonyl (C=O) groups excluding carboxylic acids is 2. The lowest BCUT2D eigenvalue weighted by atomic mass is 10.1. The molecule has 0 bridgehead atoms. The molecule has 1 heterocycles. The lowest BCUT2D eigenvalue weighted by molar-refractivity contribution is -0.114. The van der Waals surface area contributed by atoms with Crippen LogP contribution in [0.4, 0.5) is 5.69 Å². The highest BCUT2D eigenvalue weighted by atomic mass is 16.5. The first kappa shape index (κ1) is 13.5. The summed E-state index contributed by atoms with van der Waals surface area (Å²) in [4.78, 5) is 25.1. The van der Waals surface area contributed by atoms with Crippen LogP contribution in [0, 0.1) is 0 Å². The predicted octanol–water partition coefficient (Wildman–Crippen LogP) is 1.51. The second-order valence-corrected chi connectivity index (χ2v) is 4.66. The minimum absolute atomic E-state index is 0.0215. The summed E-state index contributed by atoms with van der Waals surface area (Å²) < 4.78 is 5.25. The van der Waals surface area contributed by atoms with Crippen molar-refractivity contribution in [3.63, 3.8) is 0 Å². The molecule has 0 aromatic heterocycles. The van der Waals surface area contributed by atoms with Crippen molar-refractivity contribution in [2.75, 3.05) is 25.5 Å². The smallest absolute Gasteiger partial charge is 0.254 e. The summed E-state index contributed by atoms with van der Waals surface area (Å²) in [7, 11) is 1.66. The number of nitrogens with one attached hydrogen (secondary N) is 1. The van der Waals surface area contributed by atoms with Gasteiger partial charge in [0.2, 0.25) is 5.91 Å². The van der Waals surface area contributed by atoms with Gasteiger partial charge in [-0.3, -0.25) is 9.59 Å². The van der Waals surface area contributed by atoms with Crippen LogP contribution < -0.4 is 5.32 Å². The van der Waals surface area contributed by atoms with E-state index in [9.17, 15) is 9.59 Å². The third-order valence-electron chi connectivity index (χ3n) is 3.20. The molecule has 1 aliphatic rings. The van der Waals surface area contributed by atoms with E-state index in [4.69, 9.17) is 4.74 Å². The summed E-state index contributed by atoms with van der Waals surface area (Å²) in [6, 6.07) is 6.99. The molecular weight excluding hydrogens is 244 g/mol. The molecule has 1 aliphatic heterocycles. The van der Waals surface area contributed by atoms with Gasteiger partial charge in [-0.05, 0) is 24.6 Å². The summed E-state index contributed by atoms with van der Waals surface area (Å²) >= 11 is 0. The largest absolute Gasteiger partial charge is 0.380 e. The van der Waals surface area contributed by atoms with Crippen LogP contribution in [-0.4, -0.2) is 43.0 Å². The summed E-state index contributed by atoms with van der Waals surface area (Å²) in [6.45, 7) is 2.78. The Morgan fingerprint density at radius 2 is 2.21 bits per heavy atom. The van der Waals surface area contributed by atoms with Crippen molar-refractivity contribution in [2.24, 2.45) is 0 Å². The van der Waals surface area contributed by atoms with Gasteiger partial charge in [-0.2, -0.15) is 0 Å². The highest BCUT2D eigenvalue weighted by molar-refractivity contribution is 5.97. The maximum Gasteiger partial charge on any atom is 0.254 e. The third-order valence-corrected chi connectivity index (χ3v) is 3.20. The average Bonchev–Trinajstić information content (AvgIpc) is 2.86. The van der Waals surface area contributed by atoms with Crippen LogP contribution in [0.1, 0.15) is 23.7 Å². The minimum atomic E-state index is -0.148. The Balaban J connectivity index is 2.09. The zero-order valence-corrected chi connectivity index (χ0v) is 11.2. The number of likely N-dealkylation sites (tertiary alicyclic amines) is 1. The predicted molar refractivity (Wildman–Crippen MR) is 72.1 cm³/mol. The zero-order chi connectivity index (χ0) is 13.8. The van der Waals surface area contributed by atoms with E-state index in [1.54, 1.807) is 36.3 Å². The highest BCUT2D eigenvalue weighted by Crippen LogP contribution is 2.17. The number of hydrogen-bond acceptors (Lipinski definition) is 3. The maximum atomic E-state index is 12.3. The Kier molecular flexibility index (Phi) is 4.16. The molecule has 1 saturated heterocycles. The number of carbonyl (C=O) groups is 2. The van der Waals surface area contributed by atoms with Gasteiger partial charge in [0.15, 0.2) is 0 Å². The molecule has 1 N–H and O–H groups in total. The molecule has 1 fully saturated rings. The second kappa shape index (κ2) is 5.84. The van der Waals surface area contributed by atoms with Gasteiger partial charge in [0.1, 0.15) is 0 Å². The normalized spacial score (nSPS) is 18.4. The third kappa shape index (κ3) is 3.32. The number of hydrogen-bond donors (Lipinski definition) is 1. The fourth-order valence-electron chi connectivity index (χ4n) is 2.22. The van der Waals surface area contributed by atoms with Crippen molar-refractivity contribution in [3.05, 3.63) is 29.8 Å². The molecule has 1 aromatic rings. The Labute approximate surface area is 112 Å². The fourth-order valence-corrected chi connectivity index (χ4v) is 2.22. The highest BCUT2D eigenvalue weighted by Gasteiger charge is 2.26. The van der Waals surface area contributed by atoms with E-state index in [0.29, 0.717) is 24.3 Å². The summed E-state index contributed by atoms with van der Waals surface area (Å²) in [5.74, 6) is -0.169. The van der Waals surface area contributed by atoms with Crippen LogP contribution >= 0.6 is 0 Å². The molecular formula is C14H18N2O3. The van der Waals surface area contributed by atoms with Gasteiger partial charge in [0.05, 0.1) is 6.10 Å². The van der Waals surface area contributed by atoms with E-state index >= 15 is 0 Å². The molecule has 1 atom stereocenters. The number of ether oxygens (including phenoxy) is 1. The molecule has 5 nitrogen and oxygen atoms in total. The first-order valence-electron chi connectivity index (χ1n) is 6.30. The molecule has 0 saturated carbocycles. The van der Waals surface area contributed by atoms with E-state index in [1.165, 1.54) is 6.92 Å². The molecule has 0 spiro atoms. The van der Waals surface area contributed by atoms with Crippen molar-refractivity contribution >= 4 is 17.5 Å². The number of amides is 2. The number of benzene rings is 1. The lowest BCUT2D eigenvalue weighted by Crippen LogP contribution is -2.30. The van der Waals surface area contributed by atoms with Crippen molar-refractivity contribution in [3.8, 4) is 0 Å². The molecule has 0 aliphatic carbocycles. The fraction of sp³-hybridized carbons (Fsp3) is 0.429. The zero-order valence-electron chi connectivity index (χ0n) is 11.2. The van der Waals surface area contributed by atoms with Crippen LogP contribution in [0.5, 0.6) is 0 Å². The van der Waals surface area contributed by atoms with E-state index in [1.807, 2.05) is 0 Å². The maximum absolute atomic E-state index is 12.3. The number of anilines is 1. The Morgan fingerprint density at radius 3 is 2.84 bits per heavy atom. The standard InChI is InChI=1S/C14H18N2O3/c1-10(17)15-12-5-3-4-11(8-12)14(18)16-7-6-13(9-16)19-2/h3-5,8,13H,6-7,9H2,1-2H3,(H,15,17). The van der Waals surface area contributed by atoms with Gasteiger partial charge < -0.3 is 15.0 Å². The Hall–Kier alpha value is -1.88. The van der Waals surface area contributed by atoms with Gasteiger partial charge in [-0.1, -0.05) is 6.07 Å². The van der Waals surface area contributed by atoms with Gasteiger partial charge in [0, 0.05) is 38.4 Å². The van der Waals surface area contributed by atoms with Crippen molar-refractivity contribution in [1.82, 2.24) is 4.90 Å². The van der Waals surface area contributed by atoms with E-state index in [-0.39, 0.29) is 17.9 Å². The molecule has 5 heteroatoms. The number of nitrogens with zero attached hydrogens (tertiary/aromatic N) is 1. The van der Waals surface area contributed by atoms with Crippen molar-refractivity contribution in [1.29, 1.82) is 0 Å². The number of rotatable bonds is 3. The van der Waals surface area contributed by atoms with Gasteiger partial charge >= 0.3 is 0 Å². The van der Waals surface area contributed by atoms with Crippen LogP contribution in [0.25, 0.3) is 0 Å². The van der Waals surface area contributed by atoms with Crippen LogP contribution in [0.15, 0.2) is 24.3 Å². The minimum Gasteiger partial charge on any atom is -0.380 e. The quantitative estimate of drug-likeness (QED) is 0.898. The SMILES string of the molecule is COC1CCN(C(=O)c2cccc(NC(C)=O)c2)C1. The summed E-state index contributed by atoms with van der Waals surface area (Å²) in [5.41, 5.74) is 1.23. The van der Waals surface area contributed by atoms with Gasteiger partial charge in [-0.15, -0.1) is 0 Å². The topological polar surface area (TPSA) is 58.6 Å². The molecule has 2 amide bonds. The molecule has 2 rings (SSSR count). The van der Waals surface area contributed by atoms with Crippen molar-refractivity contribution in [2.45, 2.75) is 19.4 Å². The summed E-state index contributed by atoms with van der Waals surface area (Å²) in [5, 5.41) is 2.68. The molecule has 1 unspecified atom stereocenters. The monoisotopic (exact) mass is 262 g/mol. The number of methoxy groups -OCH3 is 1. The average molecular weight is 262 g/mol. The first-order chi connectivity index (χ1) is 9.10. The lowest BCUT2D eigenvalue weighted by Gasteiger charge is -2.16. The van der Waals surface area contributed by atoms with Crippen LogP contribution in [0.3, 0.4) is 0 Å². The molecule has 1 aromatic carbocycles. The molecule has 19 heavy (non-hydrogen) atoms. The first-order valence-corrected chi connectivity index (χ1v) is 6.30. The Bertz CT molecular complexity index is 487. The van der Waals surface area contributed by atoms with Gasteiger partial charge in [-0.25, -0.2) is 0 Å². The molecule has 0 radical (unpaired) electrons. The second-order valence-electron chi connectivity index (χ2n) is 4.66.